The Balaban J connectivity index is 1.54. The van der Waals surface area contributed by atoms with Gasteiger partial charge in [-0.25, -0.2) is 4.57 Å². The molecular formula is C19H23N2O3S+. The maximum atomic E-state index is 10.7. The second-order valence-corrected chi connectivity index (χ2v) is 7.85. The molecule has 0 spiro atoms. The number of hydrogen-bond acceptors (Lipinski definition) is 3. The zero-order valence-electron chi connectivity index (χ0n) is 14.1. The highest BCUT2D eigenvalue weighted by atomic mass is 32.2. The lowest BCUT2D eigenvalue weighted by Crippen LogP contribution is -2.36. The fourth-order valence-electron chi connectivity index (χ4n) is 2.72. The van der Waals surface area contributed by atoms with Gasteiger partial charge < -0.3 is 4.90 Å². The van der Waals surface area contributed by atoms with Gasteiger partial charge in [-0.05, 0) is 29.7 Å². The number of pyridine rings is 1. The monoisotopic (exact) mass is 359 g/mol. The molecule has 132 valence electrons. The molecule has 0 amide bonds. The molecule has 0 unspecified atom stereocenters. The van der Waals surface area contributed by atoms with Crippen molar-refractivity contribution in [3.8, 4) is 0 Å². The summed E-state index contributed by atoms with van der Waals surface area (Å²) >= 11 is 0. The van der Waals surface area contributed by atoms with Crippen LogP contribution in [0, 0.1) is 0 Å². The normalized spacial score (nSPS) is 14.7. The summed E-state index contributed by atoms with van der Waals surface area (Å²) in [6.45, 7) is 2.87. The Morgan fingerprint density at radius 1 is 1.00 bits per heavy atom. The third-order valence-electron chi connectivity index (χ3n) is 4.32. The minimum absolute atomic E-state index is 0.213. The Morgan fingerprint density at radius 2 is 1.60 bits per heavy atom. The largest absolute Gasteiger partial charge is 0.371 e. The summed E-state index contributed by atoms with van der Waals surface area (Å²) in [7, 11) is -3.88. The van der Waals surface area contributed by atoms with Gasteiger partial charge in [0.15, 0.2) is 12.4 Å². The van der Waals surface area contributed by atoms with Gasteiger partial charge in [-0.1, -0.05) is 24.3 Å². The average molecular weight is 359 g/mol. The van der Waals surface area contributed by atoms with Crippen molar-refractivity contribution in [2.24, 2.45) is 0 Å². The van der Waals surface area contributed by atoms with Crippen LogP contribution in [0.2, 0.25) is 0 Å². The molecule has 0 bridgehead atoms. The van der Waals surface area contributed by atoms with Crippen molar-refractivity contribution in [2.45, 2.75) is 19.4 Å². The molecule has 1 aliphatic rings. The third-order valence-corrected chi connectivity index (χ3v) is 5.12. The van der Waals surface area contributed by atoms with E-state index in [1.54, 1.807) is 0 Å². The Bertz CT molecular complexity index is 824. The zero-order chi connectivity index (χ0) is 17.7. The standard InChI is InChI=1S/C19H22N2O3S/c22-25(23,24)16-2-11-20-14-9-18(10-15-20)4-3-17-5-7-19(8-6-17)21-12-1-13-21/h3-10,14-15H,1-2,11-13,16H2/p+1. The maximum absolute atomic E-state index is 10.7. The van der Waals surface area contributed by atoms with Crippen LogP contribution in [0.5, 0.6) is 0 Å². The molecule has 1 N–H and O–H groups in total. The van der Waals surface area contributed by atoms with Crippen LogP contribution in [0.1, 0.15) is 24.0 Å². The van der Waals surface area contributed by atoms with Crippen LogP contribution < -0.4 is 9.47 Å². The minimum atomic E-state index is -3.88. The van der Waals surface area contributed by atoms with Crippen LogP contribution in [-0.4, -0.2) is 31.8 Å². The van der Waals surface area contributed by atoms with E-state index in [-0.39, 0.29) is 5.75 Å². The summed E-state index contributed by atoms with van der Waals surface area (Å²) in [6.07, 6.45) is 9.64. The van der Waals surface area contributed by atoms with E-state index in [2.05, 4.69) is 41.3 Å². The van der Waals surface area contributed by atoms with Crippen LogP contribution in [0.15, 0.2) is 48.8 Å². The first-order chi connectivity index (χ1) is 12.0. The summed E-state index contributed by atoms with van der Waals surface area (Å²) < 4.78 is 32.1. The summed E-state index contributed by atoms with van der Waals surface area (Å²) in [6, 6.07) is 12.5. The summed E-state index contributed by atoms with van der Waals surface area (Å²) in [5.41, 5.74) is 3.53. The first-order valence-corrected chi connectivity index (χ1v) is 10.1. The highest BCUT2D eigenvalue weighted by Gasteiger charge is 2.13. The molecule has 3 rings (SSSR count). The Hall–Kier alpha value is -2.18. The van der Waals surface area contributed by atoms with Crippen LogP contribution in [0.4, 0.5) is 5.69 Å². The van der Waals surface area contributed by atoms with Crippen molar-refractivity contribution in [1.29, 1.82) is 0 Å². The van der Waals surface area contributed by atoms with E-state index in [1.165, 1.54) is 12.1 Å². The fraction of sp³-hybridized carbons (Fsp3) is 0.316. The Morgan fingerprint density at radius 3 is 2.12 bits per heavy atom. The Labute approximate surface area is 149 Å². The second-order valence-electron chi connectivity index (χ2n) is 6.27. The molecule has 1 saturated heterocycles. The summed E-state index contributed by atoms with van der Waals surface area (Å²) in [5.74, 6) is -0.213. The molecule has 0 radical (unpaired) electrons. The van der Waals surface area contributed by atoms with Crippen molar-refractivity contribution < 1.29 is 17.5 Å². The topological polar surface area (TPSA) is 61.5 Å². The first kappa shape index (κ1) is 17.6. The number of hydrogen-bond donors (Lipinski definition) is 1. The third kappa shape index (κ3) is 5.41. The van der Waals surface area contributed by atoms with Crippen molar-refractivity contribution in [2.75, 3.05) is 23.7 Å². The molecule has 25 heavy (non-hydrogen) atoms. The van der Waals surface area contributed by atoms with Crippen LogP contribution in [-0.2, 0) is 16.7 Å². The van der Waals surface area contributed by atoms with Gasteiger partial charge in [0.1, 0.15) is 6.54 Å². The van der Waals surface area contributed by atoms with Gasteiger partial charge in [-0.3, -0.25) is 4.55 Å². The van der Waals surface area contributed by atoms with Crippen LogP contribution >= 0.6 is 0 Å². The molecule has 0 atom stereocenters. The first-order valence-electron chi connectivity index (χ1n) is 8.47. The zero-order valence-corrected chi connectivity index (χ0v) is 14.9. The van der Waals surface area contributed by atoms with Gasteiger partial charge in [0.25, 0.3) is 10.1 Å². The number of benzene rings is 1. The molecule has 2 heterocycles. The number of rotatable bonds is 7. The molecule has 1 aliphatic heterocycles. The molecule has 1 fully saturated rings. The van der Waals surface area contributed by atoms with Gasteiger partial charge in [-0.2, -0.15) is 8.42 Å². The van der Waals surface area contributed by atoms with Gasteiger partial charge >= 0.3 is 0 Å². The van der Waals surface area contributed by atoms with Gasteiger partial charge in [0, 0.05) is 37.3 Å². The lowest BCUT2D eigenvalue weighted by molar-refractivity contribution is -0.696. The molecular weight excluding hydrogens is 336 g/mol. The highest BCUT2D eigenvalue weighted by Crippen LogP contribution is 2.21. The SMILES string of the molecule is O=S(=O)(O)CCC[n+]1ccc(/C=C/c2ccc(N3CCC3)cc2)cc1. The highest BCUT2D eigenvalue weighted by molar-refractivity contribution is 7.85. The van der Waals surface area contributed by atoms with Gasteiger partial charge in [0.05, 0.1) is 5.75 Å². The molecule has 1 aromatic heterocycles. The lowest BCUT2D eigenvalue weighted by Gasteiger charge is -2.33. The van der Waals surface area contributed by atoms with Gasteiger partial charge in [0.2, 0.25) is 0 Å². The van der Waals surface area contributed by atoms with E-state index in [0.29, 0.717) is 13.0 Å². The number of aromatic nitrogens is 1. The summed E-state index contributed by atoms with van der Waals surface area (Å²) in [5, 5.41) is 0. The molecule has 0 saturated carbocycles. The quantitative estimate of drug-likeness (QED) is 0.610. The molecule has 5 nitrogen and oxygen atoms in total. The van der Waals surface area contributed by atoms with E-state index in [1.807, 2.05) is 29.1 Å². The van der Waals surface area contributed by atoms with E-state index in [4.69, 9.17) is 4.55 Å². The van der Waals surface area contributed by atoms with Crippen LogP contribution in [0.3, 0.4) is 0 Å². The van der Waals surface area contributed by atoms with Crippen molar-refractivity contribution in [1.82, 2.24) is 0 Å². The Kier molecular flexibility index (Phi) is 5.50. The molecule has 1 aromatic carbocycles. The lowest BCUT2D eigenvalue weighted by atomic mass is 10.1. The smallest absolute Gasteiger partial charge is 0.265 e. The summed E-state index contributed by atoms with van der Waals surface area (Å²) in [4.78, 5) is 2.37. The molecule has 2 aromatic rings. The maximum Gasteiger partial charge on any atom is 0.265 e. The molecule has 0 aliphatic carbocycles. The van der Waals surface area contributed by atoms with Crippen molar-refractivity contribution in [3.05, 3.63) is 59.9 Å². The van der Waals surface area contributed by atoms with Gasteiger partial charge in [-0.15, -0.1) is 0 Å². The van der Waals surface area contributed by atoms with Crippen molar-refractivity contribution in [3.63, 3.8) is 0 Å². The van der Waals surface area contributed by atoms with E-state index >= 15 is 0 Å². The minimum Gasteiger partial charge on any atom is -0.371 e. The predicted octanol–water partition coefficient (Wildman–Crippen LogP) is 2.63. The van der Waals surface area contributed by atoms with Crippen molar-refractivity contribution >= 4 is 28.0 Å². The second kappa shape index (κ2) is 7.80. The number of anilines is 1. The number of nitrogens with zero attached hydrogens (tertiary/aromatic N) is 2. The van der Waals surface area contributed by atoms with E-state index < -0.39 is 10.1 Å². The van der Waals surface area contributed by atoms with E-state index in [9.17, 15) is 8.42 Å². The number of aryl methyl sites for hydroxylation is 1. The fourth-order valence-corrected chi connectivity index (χ4v) is 3.22. The average Bonchev–Trinajstić information content (AvgIpc) is 2.53. The predicted molar refractivity (Wildman–Crippen MR) is 99.9 cm³/mol. The molecule has 6 heteroatoms. The van der Waals surface area contributed by atoms with Crippen LogP contribution in [0.25, 0.3) is 12.2 Å². The van der Waals surface area contributed by atoms with E-state index in [0.717, 1.165) is 24.2 Å².